The Kier molecular flexibility index (Phi) is 4.66. The highest BCUT2D eigenvalue weighted by Crippen LogP contribution is 2.25. The Morgan fingerprint density at radius 2 is 1.84 bits per heavy atom. The lowest BCUT2D eigenvalue weighted by Gasteiger charge is -2.37. The molecule has 106 valence electrons. The van der Waals surface area contributed by atoms with Crippen molar-refractivity contribution < 1.29 is 0 Å². The standard InChI is InChI=1S/C15H26N4/c1-13-4-5-14(16)15(12-13)19-10-8-18(9-11-19)7-6-17(2)3/h4-5,12H,6-11,16H2,1-3H3. The Labute approximate surface area is 116 Å². The molecule has 1 aliphatic heterocycles. The van der Waals surface area contributed by atoms with E-state index in [1.807, 2.05) is 6.07 Å². The molecule has 2 rings (SSSR count). The van der Waals surface area contributed by atoms with Crippen LogP contribution in [-0.2, 0) is 0 Å². The number of likely N-dealkylation sites (N-methyl/N-ethyl adjacent to an activating group) is 1. The number of anilines is 2. The van der Waals surface area contributed by atoms with Gasteiger partial charge in [-0.15, -0.1) is 0 Å². The van der Waals surface area contributed by atoms with Crippen molar-refractivity contribution in [3.8, 4) is 0 Å². The van der Waals surface area contributed by atoms with E-state index in [0.29, 0.717) is 0 Å². The number of hydrogen-bond acceptors (Lipinski definition) is 4. The molecule has 0 aliphatic carbocycles. The molecule has 0 aromatic heterocycles. The second-order valence-corrected chi connectivity index (χ2v) is 5.69. The van der Waals surface area contributed by atoms with Crippen LogP contribution in [0.3, 0.4) is 0 Å². The molecule has 0 radical (unpaired) electrons. The van der Waals surface area contributed by atoms with Gasteiger partial charge in [-0.1, -0.05) is 6.07 Å². The summed E-state index contributed by atoms with van der Waals surface area (Å²) in [6, 6.07) is 6.29. The van der Waals surface area contributed by atoms with Gasteiger partial charge in [0, 0.05) is 39.3 Å². The lowest BCUT2D eigenvalue weighted by Crippen LogP contribution is -2.48. The zero-order valence-corrected chi connectivity index (χ0v) is 12.4. The summed E-state index contributed by atoms with van der Waals surface area (Å²) in [7, 11) is 4.26. The van der Waals surface area contributed by atoms with Gasteiger partial charge in [0.1, 0.15) is 0 Å². The Balaban J connectivity index is 1.90. The highest BCUT2D eigenvalue weighted by Gasteiger charge is 2.18. The van der Waals surface area contributed by atoms with Gasteiger partial charge in [0.2, 0.25) is 0 Å². The lowest BCUT2D eigenvalue weighted by molar-refractivity contribution is 0.229. The minimum Gasteiger partial charge on any atom is -0.397 e. The highest BCUT2D eigenvalue weighted by molar-refractivity contribution is 5.68. The Hall–Kier alpha value is -1.26. The van der Waals surface area contributed by atoms with Crippen LogP contribution in [0.25, 0.3) is 0 Å². The first-order valence-electron chi connectivity index (χ1n) is 7.04. The van der Waals surface area contributed by atoms with Crippen molar-refractivity contribution in [2.75, 3.05) is 64.0 Å². The maximum absolute atomic E-state index is 6.09. The van der Waals surface area contributed by atoms with E-state index in [0.717, 1.165) is 45.0 Å². The summed E-state index contributed by atoms with van der Waals surface area (Å²) in [4.78, 5) is 7.18. The van der Waals surface area contributed by atoms with E-state index in [2.05, 4.69) is 47.9 Å². The van der Waals surface area contributed by atoms with Crippen molar-refractivity contribution in [2.45, 2.75) is 6.92 Å². The quantitative estimate of drug-likeness (QED) is 0.829. The van der Waals surface area contributed by atoms with E-state index in [4.69, 9.17) is 5.73 Å². The Morgan fingerprint density at radius 1 is 1.16 bits per heavy atom. The van der Waals surface area contributed by atoms with E-state index in [-0.39, 0.29) is 0 Å². The van der Waals surface area contributed by atoms with Crippen molar-refractivity contribution in [1.82, 2.24) is 9.80 Å². The minimum absolute atomic E-state index is 0.896. The molecular weight excluding hydrogens is 236 g/mol. The van der Waals surface area contributed by atoms with E-state index in [9.17, 15) is 0 Å². The predicted octanol–water partition coefficient (Wildman–Crippen LogP) is 1.26. The minimum atomic E-state index is 0.896. The number of hydrogen-bond donors (Lipinski definition) is 1. The number of rotatable bonds is 4. The second kappa shape index (κ2) is 6.26. The van der Waals surface area contributed by atoms with E-state index in [1.165, 1.54) is 11.3 Å². The smallest absolute Gasteiger partial charge is 0.0603 e. The average Bonchev–Trinajstić information content (AvgIpc) is 2.40. The SMILES string of the molecule is Cc1ccc(N)c(N2CCN(CCN(C)C)CC2)c1. The maximum atomic E-state index is 6.09. The fraction of sp³-hybridized carbons (Fsp3) is 0.600. The first kappa shape index (κ1) is 14.2. The predicted molar refractivity (Wildman–Crippen MR) is 82.8 cm³/mol. The van der Waals surface area contributed by atoms with Crippen molar-refractivity contribution >= 4 is 11.4 Å². The molecule has 0 spiro atoms. The van der Waals surface area contributed by atoms with Crippen LogP contribution in [0.4, 0.5) is 11.4 Å². The summed E-state index contributed by atoms with van der Waals surface area (Å²) in [6.07, 6.45) is 0. The molecule has 1 aromatic carbocycles. The topological polar surface area (TPSA) is 35.7 Å². The van der Waals surface area contributed by atoms with Crippen LogP contribution in [0.2, 0.25) is 0 Å². The summed E-state index contributed by atoms with van der Waals surface area (Å²) in [6.45, 7) is 8.80. The number of aryl methyl sites for hydroxylation is 1. The van der Waals surface area contributed by atoms with Crippen LogP contribution >= 0.6 is 0 Å². The number of nitrogens with zero attached hydrogens (tertiary/aromatic N) is 3. The molecule has 2 N–H and O–H groups in total. The van der Waals surface area contributed by atoms with Crippen LogP contribution in [0.1, 0.15) is 5.56 Å². The lowest BCUT2D eigenvalue weighted by atomic mass is 10.1. The van der Waals surface area contributed by atoms with Crippen molar-refractivity contribution in [2.24, 2.45) is 0 Å². The molecular formula is C15H26N4. The van der Waals surface area contributed by atoms with Crippen LogP contribution in [0, 0.1) is 6.92 Å². The third-order valence-corrected chi connectivity index (χ3v) is 3.76. The molecule has 1 aliphatic rings. The van der Waals surface area contributed by atoms with Gasteiger partial charge in [-0.3, -0.25) is 4.90 Å². The summed E-state index contributed by atoms with van der Waals surface area (Å²) in [5.74, 6) is 0. The number of benzene rings is 1. The molecule has 19 heavy (non-hydrogen) atoms. The summed E-state index contributed by atoms with van der Waals surface area (Å²) in [5, 5.41) is 0. The van der Waals surface area contributed by atoms with E-state index < -0.39 is 0 Å². The molecule has 0 amide bonds. The fourth-order valence-electron chi connectivity index (χ4n) is 2.48. The van der Waals surface area contributed by atoms with E-state index in [1.54, 1.807) is 0 Å². The zero-order chi connectivity index (χ0) is 13.8. The summed E-state index contributed by atoms with van der Waals surface area (Å²) >= 11 is 0. The van der Waals surface area contributed by atoms with Gasteiger partial charge in [0.05, 0.1) is 11.4 Å². The molecule has 0 unspecified atom stereocenters. The normalized spacial score (nSPS) is 17.2. The third-order valence-electron chi connectivity index (χ3n) is 3.76. The van der Waals surface area contributed by atoms with Gasteiger partial charge in [0.15, 0.2) is 0 Å². The van der Waals surface area contributed by atoms with Gasteiger partial charge >= 0.3 is 0 Å². The molecule has 1 aromatic rings. The first-order chi connectivity index (χ1) is 9.06. The third kappa shape index (κ3) is 3.85. The molecule has 1 fully saturated rings. The maximum Gasteiger partial charge on any atom is 0.0603 e. The van der Waals surface area contributed by atoms with Crippen molar-refractivity contribution in [3.05, 3.63) is 23.8 Å². The fourth-order valence-corrected chi connectivity index (χ4v) is 2.48. The molecule has 0 bridgehead atoms. The monoisotopic (exact) mass is 262 g/mol. The molecule has 1 saturated heterocycles. The first-order valence-corrected chi connectivity index (χ1v) is 7.04. The average molecular weight is 262 g/mol. The van der Waals surface area contributed by atoms with E-state index >= 15 is 0 Å². The van der Waals surface area contributed by atoms with Gasteiger partial charge in [0.25, 0.3) is 0 Å². The molecule has 1 heterocycles. The van der Waals surface area contributed by atoms with Crippen molar-refractivity contribution in [1.29, 1.82) is 0 Å². The number of piperazine rings is 1. The van der Waals surface area contributed by atoms with Gasteiger partial charge in [-0.2, -0.15) is 0 Å². The summed E-state index contributed by atoms with van der Waals surface area (Å²) in [5.41, 5.74) is 9.47. The molecule has 0 saturated carbocycles. The number of nitrogens with two attached hydrogens (primary N) is 1. The largest absolute Gasteiger partial charge is 0.397 e. The van der Waals surface area contributed by atoms with Crippen LogP contribution in [0.5, 0.6) is 0 Å². The molecule has 0 atom stereocenters. The number of nitrogen functional groups attached to an aromatic ring is 1. The van der Waals surface area contributed by atoms with Crippen molar-refractivity contribution in [3.63, 3.8) is 0 Å². The van der Waals surface area contributed by atoms with Crippen LogP contribution in [-0.4, -0.2) is 63.2 Å². The van der Waals surface area contributed by atoms with Gasteiger partial charge in [-0.25, -0.2) is 0 Å². The zero-order valence-electron chi connectivity index (χ0n) is 12.4. The van der Waals surface area contributed by atoms with Gasteiger partial charge in [-0.05, 0) is 38.7 Å². The Morgan fingerprint density at radius 3 is 2.47 bits per heavy atom. The van der Waals surface area contributed by atoms with Crippen LogP contribution in [0.15, 0.2) is 18.2 Å². The molecule has 4 nitrogen and oxygen atoms in total. The summed E-state index contributed by atoms with van der Waals surface area (Å²) < 4.78 is 0. The van der Waals surface area contributed by atoms with Crippen LogP contribution < -0.4 is 10.6 Å². The second-order valence-electron chi connectivity index (χ2n) is 5.69. The van der Waals surface area contributed by atoms with Gasteiger partial charge < -0.3 is 15.5 Å². The highest BCUT2D eigenvalue weighted by atomic mass is 15.3. The molecule has 4 heteroatoms. The Bertz CT molecular complexity index is 409.